The molecule has 3 aromatic carbocycles. The Morgan fingerprint density at radius 1 is 0.967 bits per heavy atom. The van der Waals surface area contributed by atoms with Crippen LogP contribution in [-0.4, -0.2) is 18.9 Å². The topological polar surface area (TPSA) is 21.5 Å². The molecule has 5 heteroatoms. The maximum absolute atomic E-state index is 13.1. The number of quaternary nitrogens is 1. The van der Waals surface area contributed by atoms with Gasteiger partial charge in [-0.15, -0.1) is 0 Å². The van der Waals surface area contributed by atoms with Gasteiger partial charge in [-0.25, -0.2) is 4.39 Å². The van der Waals surface area contributed by atoms with E-state index < -0.39 is 0 Å². The van der Waals surface area contributed by atoms with Crippen LogP contribution in [0.5, 0.6) is 0 Å². The van der Waals surface area contributed by atoms with Gasteiger partial charge in [-0.3, -0.25) is 4.79 Å². The summed E-state index contributed by atoms with van der Waals surface area (Å²) in [6.45, 7) is 2.89. The second-order valence-electron chi connectivity index (χ2n) is 7.74. The van der Waals surface area contributed by atoms with Crippen molar-refractivity contribution < 1.29 is 14.1 Å². The maximum Gasteiger partial charge on any atom is 0.166 e. The van der Waals surface area contributed by atoms with Crippen LogP contribution in [0.25, 0.3) is 0 Å². The lowest BCUT2D eigenvalue weighted by Gasteiger charge is -2.29. The number of ketones is 1. The third-order valence-corrected chi connectivity index (χ3v) is 7.02. The third-order valence-electron chi connectivity index (χ3n) is 5.65. The number of hydrogen-bond donors (Lipinski definition) is 1. The molecule has 1 heterocycles. The first-order valence-corrected chi connectivity index (χ1v) is 11.4. The van der Waals surface area contributed by atoms with Gasteiger partial charge in [0.2, 0.25) is 0 Å². The predicted octanol–water partition coefficient (Wildman–Crippen LogP) is 5.31. The second-order valence-corrected chi connectivity index (χ2v) is 9.29. The van der Waals surface area contributed by atoms with Crippen LogP contribution in [0.4, 0.5) is 4.39 Å². The molecule has 1 fully saturated rings. The van der Waals surface area contributed by atoms with Gasteiger partial charge in [-0.2, -0.15) is 0 Å². The standard InChI is InChI=1S/C25H23ClFNOS/c26-21-7-11-23(12-8-21)30-24-4-2-1-3-20(24)17-28-15-13-19(14-16-28)25(29)18-5-9-22(27)10-6-18/h1-12,19H,13-17H2/p+1. The second kappa shape index (κ2) is 9.78. The molecule has 0 radical (unpaired) electrons. The van der Waals surface area contributed by atoms with E-state index in [1.165, 1.54) is 32.4 Å². The first-order chi connectivity index (χ1) is 14.6. The normalized spacial score (nSPS) is 18.9. The molecule has 1 saturated heterocycles. The van der Waals surface area contributed by atoms with Crippen LogP contribution in [0.15, 0.2) is 82.6 Å². The fourth-order valence-electron chi connectivity index (χ4n) is 3.96. The number of Topliss-reactive ketones (excluding diaryl/α,β-unsaturated/α-hetero) is 1. The molecule has 0 aliphatic carbocycles. The molecule has 0 bridgehead atoms. The number of hydrogen-bond acceptors (Lipinski definition) is 2. The smallest absolute Gasteiger partial charge is 0.166 e. The molecule has 3 aromatic rings. The highest BCUT2D eigenvalue weighted by molar-refractivity contribution is 7.99. The van der Waals surface area contributed by atoms with Crippen molar-refractivity contribution in [3.05, 3.63) is 94.8 Å². The molecule has 2 nitrogen and oxygen atoms in total. The van der Waals surface area contributed by atoms with E-state index >= 15 is 0 Å². The van der Waals surface area contributed by atoms with E-state index in [0.717, 1.165) is 37.5 Å². The molecule has 4 rings (SSSR count). The van der Waals surface area contributed by atoms with E-state index in [-0.39, 0.29) is 17.5 Å². The van der Waals surface area contributed by atoms with Crippen LogP contribution in [0.1, 0.15) is 28.8 Å². The zero-order chi connectivity index (χ0) is 20.9. The minimum atomic E-state index is -0.305. The third kappa shape index (κ3) is 5.31. The molecule has 30 heavy (non-hydrogen) atoms. The van der Waals surface area contributed by atoms with E-state index in [4.69, 9.17) is 11.6 Å². The lowest BCUT2D eigenvalue weighted by molar-refractivity contribution is -0.919. The van der Waals surface area contributed by atoms with E-state index in [0.29, 0.717) is 5.56 Å². The highest BCUT2D eigenvalue weighted by Crippen LogP contribution is 2.31. The number of carbonyl (C=O) groups is 1. The van der Waals surface area contributed by atoms with Crippen LogP contribution in [0, 0.1) is 11.7 Å². The molecule has 0 unspecified atom stereocenters. The van der Waals surface area contributed by atoms with Crippen LogP contribution in [0.3, 0.4) is 0 Å². The highest BCUT2D eigenvalue weighted by Gasteiger charge is 2.28. The molecule has 1 aliphatic heterocycles. The zero-order valence-electron chi connectivity index (χ0n) is 16.6. The number of carbonyl (C=O) groups excluding carboxylic acids is 1. The quantitative estimate of drug-likeness (QED) is 0.524. The van der Waals surface area contributed by atoms with Crippen LogP contribution < -0.4 is 4.90 Å². The summed E-state index contributed by atoms with van der Waals surface area (Å²) in [6.07, 6.45) is 1.75. The Labute approximate surface area is 186 Å². The fourth-order valence-corrected chi connectivity index (χ4v) is 5.03. The molecule has 0 aromatic heterocycles. The first-order valence-electron chi connectivity index (χ1n) is 10.2. The SMILES string of the molecule is O=C(c1ccc(F)cc1)C1CC[NH+](Cc2ccccc2Sc2ccc(Cl)cc2)CC1. The summed E-state index contributed by atoms with van der Waals surface area (Å²) in [4.78, 5) is 16.6. The van der Waals surface area contributed by atoms with E-state index in [1.807, 2.05) is 24.3 Å². The average molecular weight is 441 g/mol. The van der Waals surface area contributed by atoms with Gasteiger partial charge in [0.15, 0.2) is 5.78 Å². The number of likely N-dealkylation sites (tertiary alicyclic amines) is 1. The zero-order valence-corrected chi connectivity index (χ0v) is 18.2. The minimum Gasteiger partial charge on any atom is -0.331 e. The molecule has 1 N–H and O–H groups in total. The van der Waals surface area contributed by atoms with Crippen molar-refractivity contribution in [1.29, 1.82) is 0 Å². The summed E-state index contributed by atoms with van der Waals surface area (Å²) in [6, 6.07) is 22.4. The summed E-state index contributed by atoms with van der Waals surface area (Å²) in [5.74, 6) is -0.119. The van der Waals surface area contributed by atoms with Crippen molar-refractivity contribution >= 4 is 29.1 Å². The molecular formula is C25H24ClFNOS+. The Kier molecular flexibility index (Phi) is 6.88. The molecule has 1 aliphatic rings. The maximum atomic E-state index is 13.1. The number of rotatable bonds is 6. The van der Waals surface area contributed by atoms with Gasteiger partial charge in [0, 0.05) is 44.7 Å². The van der Waals surface area contributed by atoms with Crippen molar-refractivity contribution in [3.63, 3.8) is 0 Å². The van der Waals surface area contributed by atoms with E-state index in [2.05, 4.69) is 24.3 Å². The Morgan fingerprint density at radius 3 is 2.33 bits per heavy atom. The van der Waals surface area contributed by atoms with Gasteiger partial charge in [0.1, 0.15) is 12.4 Å². The Bertz CT molecular complexity index is 998. The minimum absolute atomic E-state index is 0.0397. The Hall–Kier alpha value is -2.14. The number of piperidine rings is 1. The largest absolute Gasteiger partial charge is 0.331 e. The van der Waals surface area contributed by atoms with Crippen molar-refractivity contribution in [2.75, 3.05) is 13.1 Å². The first kappa shape index (κ1) is 21.1. The Morgan fingerprint density at radius 2 is 1.63 bits per heavy atom. The van der Waals surface area contributed by atoms with E-state index in [1.54, 1.807) is 23.9 Å². The number of halogens is 2. The lowest BCUT2D eigenvalue weighted by Crippen LogP contribution is -3.11. The van der Waals surface area contributed by atoms with Gasteiger partial charge in [-0.05, 0) is 54.6 Å². The lowest BCUT2D eigenvalue weighted by atomic mass is 9.89. The molecule has 154 valence electrons. The van der Waals surface area contributed by atoms with Gasteiger partial charge in [0.05, 0.1) is 13.1 Å². The van der Waals surface area contributed by atoms with Crippen LogP contribution in [0.2, 0.25) is 5.02 Å². The van der Waals surface area contributed by atoms with E-state index in [9.17, 15) is 9.18 Å². The summed E-state index contributed by atoms with van der Waals surface area (Å²) in [7, 11) is 0. The molecular weight excluding hydrogens is 417 g/mol. The summed E-state index contributed by atoms with van der Waals surface area (Å²) < 4.78 is 13.1. The van der Waals surface area contributed by atoms with Crippen molar-refractivity contribution in [1.82, 2.24) is 0 Å². The van der Waals surface area contributed by atoms with Crippen molar-refractivity contribution in [2.24, 2.45) is 5.92 Å². The van der Waals surface area contributed by atoms with Crippen molar-refractivity contribution in [3.8, 4) is 0 Å². The van der Waals surface area contributed by atoms with Crippen LogP contribution in [-0.2, 0) is 6.54 Å². The summed E-state index contributed by atoms with van der Waals surface area (Å²) in [5.41, 5.74) is 1.95. The summed E-state index contributed by atoms with van der Waals surface area (Å²) >= 11 is 7.76. The monoisotopic (exact) mass is 440 g/mol. The van der Waals surface area contributed by atoms with Crippen LogP contribution >= 0.6 is 23.4 Å². The summed E-state index contributed by atoms with van der Waals surface area (Å²) in [5, 5.41) is 0.745. The number of benzene rings is 3. The van der Waals surface area contributed by atoms with Gasteiger partial charge >= 0.3 is 0 Å². The highest BCUT2D eigenvalue weighted by atomic mass is 35.5. The molecule has 0 amide bonds. The fraction of sp³-hybridized carbons (Fsp3) is 0.240. The molecule has 0 atom stereocenters. The Balaban J connectivity index is 1.36. The average Bonchev–Trinajstić information content (AvgIpc) is 2.77. The predicted molar refractivity (Wildman–Crippen MR) is 120 cm³/mol. The van der Waals surface area contributed by atoms with Crippen molar-refractivity contribution in [2.45, 2.75) is 29.2 Å². The van der Waals surface area contributed by atoms with Gasteiger partial charge < -0.3 is 4.90 Å². The molecule has 0 spiro atoms. The van der Waals surface area contributed by atoms with Gasteiger partial charge in [0.25, 0.3) is 0 Å². The van der Waals surface area contributed by atoms with Gasteiger partial charge in [-0.1, -0.05) is 41.6 Å². The molecule has 0 saturated carbocycles. The number of nitrogens with one attached hydrogen (secondary N) is 1.